The van der Waals surface area contributed by atoms with Crippen molar-refractivity contribution < 1.29 is 17.9 Å². The predicted octanol–water partition coefficient (Wildman–Crippen LogP) is 3.47. The first-order chi connectivity index (χ1) is 13.3. The van der Waals surface area contributed by atoms with Crippen LogP contribution in [-0.4, -0.2) is 30.8 Å². The molecule has 28 heavy (non-hydrogen) atoms. The van der Waals surface area contributed by atoms with Gasteiger partial charge in [0.2, 0.25) is 0 Å². The summed E-state index contributed by atoms with van der Waals surface area (Å²) in [6.45, 7) is 5.66. The van der Waals surface area contributed by atoms with Gasteiger partial charge in [0, 0.05) is 0 Å². The summed E-state index contributed by atoms with van der Waals surface area (Å²) in [7, 11) is -3.93. The van der Waals surface area contributed by atoms with Crippen LogP contribution in [0.2, 0.25) is 0 Å². The SMILES string of the molecule is CCOC(=O)c1cnn(-c2ccc(C)cc2)c1NS(=O)(=O)c1ccc(C)cc1. The number of carbonyl (C=O) groups is 1. The number of rotatable bonds is 6. The molecule has 0 bridgehead atoms. The van der Waals surface area contributed by atoms with Crippen molar-refractivity contribution in [2.24, 2.45) is 0 Å². The average Bonchev–Trinajstić information content (AvgIpc) is 3.06. The normalized spacial score (nSPS) is 11.2. The quantitative estimate of drug-likeness (QED) is 0.641. The summed E-state index contributed by atoms with van der Waals surface area (Å²) in [5, 5.41) is 4.20. The molecule has 7 nitrogen and oxygen atoms in total. The second-order valence-corrected chi connectivity index (χ2v) is 7.98. The number of esters is 1. The van der Waals surface area contributed by atoms with Gasteiger partial charge in [0.1, 0.15) is 5.56 Å². The van der Waals surface area contributed by atoms with Gasteiger partial charge in [-0.25, -0.2) is 17.9 Å². The lowest BCUT2D eigenvalue weighted by atomic mass is 10.2. The van der Waals surface area contributed by atoms with Crippen molar-refractivity contribution in [3.63, 3.8) is 0 Å². The number of aromatic nitrogens is 2. The van der Waals surface area contributed by atoms with Gasteiger partial charge >= 0.3 is 5.97 Å². The van der Waals surface area contributed by atoms with E-state index < -0.39 is 16.0 Å². The van der Waals surface area contributed by atoms with Gasteiger partial charge in [-0.15, -0.1) is 0 Å². The molecule has 0 atom stereocenters. The molecule has 0 spiro atoms. The van der Waals surface area contributed by atoms with Crippen LogP contribution in [0.25, 0.3) is 5.69 Å². The first-order valence-corrected chi connectivity index (χ1v) is 10.2. The zero-order valence-electron chi connectivity index (χ0n) is 15.8. The number of hydrogen-bond acceptors (Lipinski definition) is 5. The summed E-state index contributed by atoms with van der Waals surface area (Å²) in [6, 6.07) is 13.8. The Labute approximate surface area is 164 Å². The van der Waals surface area contributed by atoms with E-state index in [2.05, 4.69) is 9.82 Å². The van der Waals surface area contributed by atoms with Crippen molar-refractivity contribution in [2.75, 3.05) is 11.3 Å². The smallest absolute Gasteiger partial charge is 0.343 e. The number of aryl methyl sites for hydroxylation is 2. The topological polar surface area (TPSA) is 90.3 Å². The van der Waals surface area contributed by atoms with Crippen LogP contribution in [0.15, 0.2) is 59.6 Å². The lowest BCUT2D eigenvalue weighted by molar-refractivity contribution is 0.0527. The number of benzene rings is 2. The van der Waals surface area contributed by atoms with Gasteiger partial charge in [-0.1, -0.05) is 35.4 Å². The molecule has 1 heterocycles. The Balaban J connectivity index is 2.08. The molecule has 3 rings (SSSR count). The van der Waals surface area contributed by atoms with E-state index in [9.17, 15) is 13.2 Å². The molecule has 0 aliphatic heterocycles. The highest BCUT2D eigenvalue weighted by Gasteiger charge is 2.25. The van der Waals surface area contributed by atoms with Crippen LogP contribution >= 0.6 is 0 Å². The minimum absolute atomic E-state index is 0.0304. The van der Waals surface area contributed by atoms with E-state index in [-0.39, 0.29) is 22.9 Å². The van der Waals surface area contributed by atoms with E-state index in [0.29, 0.717) is 5.69 Å². The fourth-order valence-corrected chi connectivity index (χ4v) is 3.65. The van der Waals surface area contributed by atoms with Gasteiger partial charge in [-0.05, 0) is 45.0 Å². The average molecular weight is 399 g/mol. The highest BCUT2D eigenvalue weighted by molar-refractivity contribution is 7.92. The van der Waals surface area contributed by atoms with Crippen molar-refractivity contribution in [1.29, 1.82) is 0 Å². The van der Waals surface area contributed by atoms with Gasteiger partial charge in [0.05, 0.1) is 23.4 Å². The summed E-state index contributed by atoms with van der Waals surface area (Å²) in [5.41, 5.74) is 2.64. The van der Waals surface area contributed by atoms with Crippen molar-refractivity contribution in [3.05, 3.63) is 71.4 Å². The highest BCUT2D eigenvalue weighted by atomic mass is 32.2. The van der Waals surface area contributed by atoms with Crippen LogP contribution < -0.4 is 4.72 Å². The van der Waals surface area contributed by atoms with E-state index in [0.717, 1.165) is 11.1 Å². The first-order valence-electron chi connectivity index (χ1n) is 8.73. The van der Waals surface area contributed by atoms with Crippen LogP contribution in [-0.2, 0) is 14.8 Å². The lowest BCUT2D eigenvalue weighted by Gasteiger charge is -2.13. The third kappa shape index (κ3) is 4.07. The summed E-state index contributed by atoms with van der Waals surface area (Å²) in [5.74, 6) is -0.620. The standard InChI is InChI=1S/C20H21N3O4S/c1-4-27-20(24)18-13-21-23(16-9-5-14(2)6-10-16)19(18)22-28(25,26)17-11-7-15(3)8-12-17/h5-13,22H,4H2,1-3H3. The molecule has 0 amide bonds. The molecule has 8 heteroatoms. The number of sulfonamides is 1. The highest BCUT2D eigenvalue weighted by Crippen LogP contribution is 2.25. The maximum atomic E-state index is 12.9. The van der Waals surface area contributed by atoms with E-state index in [1.54, 1.807) is 31.2 Å². The Kier molecular flexibility index (Phi) is 5.51. The number of nitrogens with zero attached hydrogens (tertiary/aromatic N) is 2. The van der Waals surface area contributed by atoms with Crippen LogP contribution in [0, 0.1) is 13.8 Å². The second-order valence-electron chi connectivity index (χ2n) is 6.29. The maximum Gasteiger partial charge on any atom is 0.343 e. The Hall–Kier alpha value is -3.13. The molecule has 0 aliphatic rings. The zero-order valence-corrected chi connectivity index (χ0v) is 16.7. The Morgan fingerprint density at radius 2 is 1.61 bits per heavy atom. The lowest BCUT2D eigenvalue weighted by Crippen LogP contribution is -2.18. The molecular weight excluding hydrogens is 378 g/mol. The van der Waals surface area contributed by atoms with Gasteiger partial charge in [-0.3, -0.25) is 4.72 Å². The monoisotopic (exact) mass is 399 g/mol. The first kappa shape index (κ1) is 19.6. The maximum absolute atomic E-state index is 12.9. The predicted molar refractivity (Wildman–Crippen MR) is 106 cm³/mol. The number of carbonyl (C=O) groups excluding carboxylic acids is 1. The Bertz CT molecular complexity index is 1090. The number of ether oxygens (including phenoxy) is 1. The van der Waals surface area contributed by atoms with E-state index in [1.807, 2.05) is 26.0 Å². The van der Waals surface area contributed by atoms with Gasteiger partial charge < -0.3 is 4.74 Å². The van der Waals surface area contributed by atoms with E-state index >= 15 is 0 Å². The molecular formula is C20H21N3O4S. The number of nitrogens with one attached hydrogen (secondary N) is 1. The fraction of sp³-hybridized carbons (Fsp3) is 0.200. The van der Waals surface area contributed by atoms with E-state index in [4.69, 9.17) is 4.74 Å². The second kappa shape index (κ2) is 7.85. The molecule has 0 saturated heterocycles. The number of hydrogen-bond donors (Lipinski definition) is 1. The zero-order chi connectivity index (χ0) is 20.3. The number of anilines is 1. The Morgan fingerprint density at radius 1 is 1.04 bits per heavy atom. The molecule has 1 N–H and O–H groups in total. The molecule has 0 unspecified atom stereocenters. The molecule has 0 saturated carbocycles. The van der Waals surface area contributed by atoms with Crippen molar-refractivity contribution in [3.8, 4) is 5.69 Å². The summed E-state index contributed by atoms with van der Waals surface area (Å²) >= 11 is 0. The minimum atomic E-state index is -3.93. The van der Waals surface area contributed by atoms with Crippen LogP contribution in [0.5, 0.6) is 0 Å². The molecule has 0 aliphatic carbocycles. The van der Waals surface area contributed by atoms with Crippen molar-refractivity contribution in [1.82, 2.24) is 9.78 Å². The summed E-state index contributed by atoms with van der Waals surface area (Å²) in [6.07, 6.45) is 1.30. The molecule has 146 valence electrons. The van der Waals surface area contributed by atoms with Crippen molar-refractivity contribution in [2.45, 2.75) is 25.7 Å². The molecule has 0 radical (unpaired) electrons. The Morgan fingerprint density at radius 3 is 2.18 bits per heavy atom. The summed E-state index contributed by atoms with van der Waals surface area (Å²) < 4.78 is 34.7. The van der Waals surface area contributed by atoms with Crippen LogP contribution in [0.4, 0.5) is 5.82 Å². The van der Waals surface area contributed by atoms with Gasteiger partial charge in [0.25, 0.3) is 10.0 Å². The molecule has 3 aromatic rings. The largest absolute Gasteiger partial charge is 0.462 e. The van der Waals surface area contributed by atoms with Crippen LogP contribution in [0.3, 0.4) is 0 Å². The van der Waals surface area contributed by atoms with Crippen LogP contribution in [0.1, 0.15) is 28.4 Å². The van der Waals surface area contributed by atoms with Crippen molar-refractivity contribution >= 4 is 21.8 Å². The molecule has 0 fully saturated rings. The third-order valence-electron chi connectivity index (χ3n) is 4.11. The fourth-order valence-electron chi connectivity index (χ4n) is 2.59. The van der Waals surface area contributed by atoms with Gasteiger partial charge in [-0.2, -0.15) is 5.10 Å². The van der Waals surface area contributed by atoms with E-state index in [1.165, 1.54) is 23.0 Å². The third-order valence-corrected chi connectivity index (χ3v) is 5.46. The van der Waals surface area contributed by atoms with Gasteiger partial charge in [0.15, 0.2) is 5.82 Å². The summed E-state index contributed by atoms with van der Waals surface area (Å²) in [4.78, 5) is 12.4. The molecule has 1 aromatic heterocycles. The molecule has 2 aromatic carbocycles. The minimum Gasteiger partial charge on any atom is -0.462 e.